The first-order chi connectivity index (χ1) is 12.9. The Balaban J connectivity index is 1.94. The van der Waals surface area contributed by atoms with Crippen molar-refractivity contribution in [1.29, 1.82) is 0 Å². The van der Waals surface area contributed by atoms with Crippen LogP contribution in [0.15, 0.2) is 54.9 Å². The van der Waals surface area contributed by atoms with Crippen molar-refractivity contribution in [3.8, 4) is 11.6 Å². The maximum absolute atomic E-state index is 11.7. The van der Waals surface area contributed by atoms with E-state index >= 15 is 0 Å². The molecule has 2 aromatic carbocycles. The van der Waals surface area contributed by atoms with E-state index in [4.69, 9.17) is 4.74 Å². The van der Waals surface area contributed by atoms with E-state index in [1.165, 1.54) is 6.33 Å². The number of ether oxygens (including phenoxy) is 1. The second kappa shape index (κ2) is 7.82. The van der Waals surface area contributed by atoms with Crippen molar-refractivity contribution in [1.82, 2.24) is 9.97 Å². The molecule has 0 radical (unpaired) electrons. The van der Waals surface area contributed by atoms with Gasteiger partial charge in [-0.2, -0.15) is 4.98 Å². The summed E-state index contributed by atoms with van der Waals surface area (Å²) in [5, 5.41) is 14.8. The Labute approximate surface area is 157 Å². The van der Waals surface area contributed by atoms with Crippen LogP contribution in [0.25, 0.3) is 0 Å². The maximum atomic E-state index is 11.7. The van der Waals surface area contributed by atoms with Crippen LogP contribution in [-0.2, 0) is 0 Å². The van der Waals surface area contributed by atoms with E-state index in [1.54, 1.807) is 12.1 Å². The number of hydrogen-bond acceptors (Lipinski definition) is 6. The minimum absolute atomic E-state index is 0.0947. The molecule has 3 rings (SSSR count). The molecule has 138 valence electrons. The van der Waals surface area contributed by atoms with Gasteiger partial charge >= 0.3 is 11.6 Å². The number of nitrogens with zero attached hydrogens (tertiary/aromatic N) is 3. The van der Waals surface area contributed by atoms with Crippen molar-refractivity contribution in [2.45, 2.75) is 26.8 Å². The number of aryl methyl sites for hydroxylation is 2. The fraction of sp³-hybridized carbons (Fsp3) is 0.200. The topological polar surface area (TPSA) is 90.2 Å². The predicted molar refractivity (Wildman–Crippen MR) is 103 cm³/mol. The molecule has 3 aromatic rings. The molecule has 0 amide bonds. The quantitative estimate of drug-likeness (QED) is 0.491. The van der Waals surface area contributed by atoms with Crippen LogP contribution in [0.1, 0.15) is 29.7 Å². The Hall–Kier alpha value is -3.48. The number of benzene rings is 2. The molecule has 1 unspecified atom stereocenters. The van der Waals surface area contributed by atoms with Gasteiger partial charge in [0.05, 0.1) is 11.0 Å². The Morgan fingerprint density at radius 1 is 1.07 bits per heavy atom. The van der Waals surface area contributed by atoms with Crippen molar-refractivity contribution in [2.75, 3.05) is 5.32 Å². The molecule has 0 aliphatic rings. The monoisotopic (exact) mass is 364 g/mol. The van der Waals surface area contributed by atoms with Gasteiger partial charge in [-0.25, -0.2) is 4.98 Å². The van der Waals surface area contributed by atoms with Gasteiger partial charge in [0.15, 0.2) is 0 Å². The zero-order valence-corrected chi connectivity index (χ0v) is 15.3. The van der Waals surface area contributed by atoms with E-state index in [-0.39, 0.29) is 23.4 Å². The van der Waals surface area contributed by atoms with Crippen molar-refractivity contribution in [2.24, 2.45) is 0 Å². The summed E-state index contributed by atoms with van der Waals surface area (Å²) in [6, 6.07) is 15.1. The molecule has 0 saturated heterocycles. The summed E-state index contributed by atoms with van der Waals surface area (Å²) in [4.78, 5) is 19.2. The van der Waals surface area contributed by atoms with Gasteiger partial charge in [0.25, 0.3) is 0 Å². The summed E-state index contributed by atoms with van der Waals surface area (Å²) >= 11 is 0. The average Bonchev–Trinajstić information content (AvgIpc) is 2.61. The van der Waals surface area contributed by atoms with Crippen molar-refractivity contribution >= 4 is 11.5 Å². The Morgan fingerprint density at radius 2 is 1.74 bits per heavy atom. The van der Waals surface area contributed by atoms with E-state index < -0.39 is 4.92 Å². The summed E-state index contributed by atoms with van der Waals surface area (Å²) < 4.78 is 5.73. The van der Waals surface area contributed by atoms with Crippen LogP contribution < -0.4 is 10.1 Å². The van der Waals surface area contributed by atoms with Gasteiger partial charge in [-0.1, -0.05) is 36.4 Å². The number of anilines is 1. The second-order valence-corrected chi connectivity index (χ2v) is 6.34. The third kappa shape index (κ3) is 4.38. The smallest absolute Gasteiger partial charge is 0.373 e. The van der Waals surface area contributed by atoms with Crippen molar-refractivity contribution in [3.05, 3.63) is 81.7 Å². The minimum Gasteiger partial charge on any atom is -0.434 e. The molecule has 0 fully saturated rings. The lowest BCUT2D eigenvalue weighted by atomic mass is 10.1. The Morgan fingerprint density at radius 3 is 2.37 bits per heavy atom. The van der Waals surface area contributed by atoms with Crippen LogP contribution >= 0.6 is 0 Å². The van der Waals surface area contributed by atoms with Crippen LogP contribution in [-0.4, -0.2) is 14.9 Å². The van der Waals surface area contributed by atoms with Gasteiger partial charge in [0, 0.05) is 0 Å². The number of aromatic nitrogens is 2. The molecule has 0 spiro atoms. The molecule has 0 saturated carbocycles. The zero-order chi connectivity index (χ0) is 19.4. The third-order valence-electron chi connectivity index (χ3n) is 4.03. The van der Waals surface area contributed by atoms with Crippen molar-refractivity contribution < 1.29 is 9.66 Å². The second-order valence-electron chi connectivity index (χ2n) is 6.34. The fourth-order valence-corrected chi connectivity index (χ4v) is 2.84. The van der Waals surface area contributed by atoms with Gasteiger partial charge in [-0.05, 0) is 49.6 Å². The average molecular weight is 364 g/mol. The lowest BCUT2D eigenvalue weighted by molar-refractivity contribution is -0.385. The number of hydrogen-bond donors (Lipinski definition) is 1. The minimum atomic E-state index is -0.530. The lowest BCUT2D eigenvalue weighted by Crippen LogP contribution is -2.11. The van der Waals surface area contributed by atoms with E-state index in [0.717, 1.165) is 16.7 Å². The maximum Gasteiger partial charge on any atom is 0.373 e. The van der Waals surface area contributed by atoms with Gasteiger partial charge < -0.3 is 10.1 Å². The normalized spacial score (nSPS) is 11.7. The van der Waals surface area contributed by atoms with E-state index in [0.29, 0.717) is 5.75 Å². The zero-order valence-electron chi connectivity index (χ0n) is 15.3. The molecule has 0 aliphatic carbocycles. The standard InChI is InChI=1S/C20H20N4O3/c1-13-9-14(2)11-17(10-13)27-20-18(24(25)26)19(21-12-22-20)23-15(3)16-7-5-4-6-8-16/h4-12,15H,1-3H3,(H,21,22,23). The first kappa shape index (κ1) is 18.3. The van der Waals surface area contributed by atoms with Crippen molar-refractivity contribution in [3.63, 3.8) is 0 Å². The molecular formula is C20H20N4O3. The molecule has 1 heterocycles. The highest BCUT2D eigenvalue weighted by Crippen LogP contribution is 2.36. The first-order valence-electron chi connectivity index (χ1n) is 8.51. The Kier molecular flexibility index (Phi) is 5.30. The van der Waals surface area contributed by atoms with Crippen LogP contribution in [0.4, 0.5) is 11.5 Å². The molecule has 0 aliphatic heterocycles. The van der Waals surface area contributed by atoms with E-state index in [9.17, 15) is 10.1 Å². The summed E-state index contributed by atoms with van der Waals surface area (Å²) in [5.41, 5.74) is 2.69. The molecule has 1 atom stereocenters. The first-order valence-corrected chi connectivity index (χ1v) is 8.51. The highest BCUT2D eigenvalue weighted by atomic mass is 16.6. The fourth-order valence-electron chi connectivity index (χ4n) is 2.84. The van der Waals surface area contributed by atoms with Gasteiger partial charge in [-0.15, -0.1) is 0 Å². The van der Waals surface area contributed by atoms with Crippen LogP contribution in [0.2, 0.25) is 0 Å². The van der Waals surface area contributed by atoms with Crippen LogP contribution in [0.5, 0.6) is 11.6 Å². The molecular weight excluding hydrogens is 344 g/mol. The molecule has 1 N–H and O–H groups in total. The number of nitrogens with one attached hydrogen (secondary N) is 1. The molecule has 1 aromatic heterocycles. The summed E-state index contributed by atoms with van der Waals surface area (Å²) in [7, 11) is 0. The third-order valence-corrected chi connectivity index (χ3v) is 4.03. The molecule has 27 heavy (non-hydrogen) atoms. The highest BCUT2D eigenvalue weighted by Gasteiger charge is 2.26. The summed E-state index contributed by atoms with van der Waals surface area (Å²) in [6.45, 7) is 5.77. The van der Waals surface area contributed by atoms with Crippen LogP contribution in [0, 0.1) is 24.0 Å². The largest absolute Gasteiger partial charge is 0.434 e. The van der Waals surface area contributed by atoms with Crippen LogP contribution in [0.3, 0.4) is 0 Å². The number of nitro groups is 1. The highest BCUT2D eigenvalue weighted by molar-refractivity contribution is 5.62. The lowest BCUT2D eigenvalue weighted by Gasteiger charge is -2.15. The Bertz CT molecular complexity index is 940. The molecule has 7 nitrogen and oxygen atoms in total. The summed E-state index contributed by atoms with van der Waals surface area (Å²) in [5.74, 6) is 0.518. The van der Waals surface area contributed by atoms with E-state index in [1.807, 2.05) is 57.2 Å². The van der Waals surface area contributed by atoms with Gasteiger partial charge in [0.1, 0.15) is 12.1 Å². The molecule has 0 bridgehead atoms. The predicted octanol–water partition coefficient (Wildman–Crippen LogP) is 4.97. The summed E-state index contributed by atoms with van der Waals surface area (Å²) in [6.07, 6.45) is 1.25. The van der Waals surface area contributed by atoms with Gasteiger partial charge in [0.2, 0.25) is 5.82 Å². The molecule has 7 heteroatoms. The SMILES string of the molecule is Cc1cc(C)cc(Oc2ncnc(NC(C)c3ccccc3)c2[N+](=O)[O-])c1. The van der Waals surface area contributed by atoms with E-state index in [2.05, 4.69) is 15.3 Å². The number of rotatable bonds is 6. The van der Waals surface area contributed by atoms with Gasteiger partial charge in [-0.3, -0.25) is 10.1 Å².